The molecule has 0 aliphatic carbocycles. The third kappa shape index (κ3) is 10.7. The molecule has 106 valence electrons. The molecule has 0 fully saturated rings. The summed E-state index contributed by atoms with van der Waals surface area (Å²) in [5.41, 5.74) is 10.0. The Morgan fingerprint density at radius 2 is 1.72 bits per heavy atom. The van der Waals surface area contributed by atoms with Crippen molar-refractivity contribution in [1.82, 2.24) is 0 Å². The van der Waals surface area contributed by atoms with Crippen LogP contribution < -0.4 is 11.5 Å². The van der Waals surface area contributed by atoms with Crippen molar-refractivity contribution in [2.45, 2.75) is 25.6 Å². The highest BCUT2D eigenvalue weighted by Crippen LogP contribution is 2.13. The zero-order chi connectivity index (χ0) is 14.9. The number of rotatable bonds is 4. The monoisotopic (exact) mass is 274 g/mol. The van der Waals surface area contributed by atoms with Gasteiger partial charge < -0.3 is 21.3 Å². The number of aliphatic carboxylic acids is 1. The standard InChI is InChI=1S/C6H12N2O3.C2HF3O2/c1-2-11-6(10)4(7)3-5(8)9;3-2(4,5)1(6)7/h4H,2-3,7H2,1H3,(H2,8,9);(H,6,7)/t4-;/m0./s1. The maximum Gasteiger partial charge on any atom is 0.490 e. The molecule has 0 bridgehead atoms. The first-order valence-electron chi connectivity index (χ1n) is 4.53. The minimum Gasteiger partial charge on any atom is -0.475 e. The van der Waals surface area contributed by atoms with E-state index in [-0.39, 0.29) is 13.0 Å². The van der Waals surface area contributed by atoms with Crippen LogP contribution in [0.2, 0.25) is 0 Å². The topological polar surface area (TPSA) is 133 Å². The highest BCUT2D eigenvalue weighted by Gasteiger charge is 2.38. The summed E-state index contributed by atoms with van der Waals surface area (Å²) in [6, 6.07) is -0.924. The first-order chi connectivity index (χ1) is 8.02. The molecule has 7 nitrogen and oxygen atoms in total. The van der Waals surface area contributed by atoms with Crippen LogP contribution in [0.3, 0.4) is 0 Å². The van der Waals surface area contributed by atoms with Gasteiger partial charge in [0.1, 0.15) is 6.04 Å². The van der Waals surface area contributed by atoms with Gasteiger partial charge in [0.25, 0.3) is 0 Å². The molecule has 0 aromatic heterocycles. The number of nitrogens with two attached hydrogens (primary N) is 2. The first-order valence-corrected chi connectivity index (χ1v) is 4.53. The van der Waals surface area contributed by atoms with Crippen molar-refractivity contribution in [2.75, 3.05) is 6.61 Å². The summed E-state index contributed by atoms with van der Waals surface area (Å²) >= 11 is 0. The van der Waals surface area contributed by atoms with Crippen LogP contribution in [-0.4, -0.2) is 41.8 Å². The van der Waals surface area contributed by atoms with E-state index in [0.29, 0.717) is 0 Å². The fourth-order valence-corrected chi connectivity index (χ4v) is 0.549. The molecule has 0 spiro atoms. The second-order valence-electron chi connectivity index (χ2n) is 2.83. The molecule has 0 aromatic carbocycles. The van der Waals surface area contributed by atoms with E-state index >= 15 is 0 Å². The molecule has 18 heavy (non-hydrogen) atoms. The molecule has 5 N–H and O–H groups in total. The van der Waals surface area contributed by atoms with Crippen molar-refractivity contribution in [2.24, 2.45) is 11.5 Å². The summed E-state index contributed by atoms with van der Waals surface area (Å²) < 4.78 is 36.3. The molecule has 0 aromatic rings. The zero-order valence-electron chi connectivity index (χ0n) is 9.36. The molecule has 0 unspecified atom stereocenters. The van der Waals surface area contributed by atoms with Crippen LogP contribution in [0.4, 0.5) is 13.2 Å². The Labute approximate surface area is 99.9 Å². The summed E-state index contributed by atoms with van der Waals surface area (Å²) in [7, 11) is 0. The molecule has 0 rings (SSSR count). The van der Waals surface area contributed by atoms with Crippen LogP contribution >= 0.6 is 0 Å². The summed E-state index contributed by atoms with van der Waals surface area (Å²) in [5, 5.41) is 7.12. The maximum atomic E-state index is 10.7. The molecule has 10 heteroatoms. The predicted molar refractivity (Wildman–Crippen MR) is 52.1 cm³/mol. The Morgan fingerprint density at radius 3 is 1.94 bits per heavy atom. The number of halogens is 3. The lowest BCUT2D eigenvalue weighted by atomic mass is 10.2. The Hall–Kier alpha value is -1.84. The maximum absolute atomic E-state index is 10.7. The highest BCUT2D eigenvalue weighted by atomic mass is 19.4. The van der Waals surface area contributed by atoms with Crippen molar-refractivity contribution in [1.29, 1.82) is 0 Å². The van der Waals surface area contributed by atoms with Crippen LogP contribution in [0.5, 0.6) is 0 Å². The predicted octanol–water partition coefficient (Wildman–Crippen LogP) is -0.614. The summed E-state index contributed by atoms with van der Waals surface area (Å²) in [4.78, 5) is 29.9. The van der Waals surface area contributed by atoms with Crippen LogP contribution in [0.15, 0.2) is 0 Å². The second kappa shape index (κ2) is 8.28. The number of ether oxygens (including phenoxy) is 1. The number of carbonyl (C=O) groups is 3. The highest BCUT2D eigenvalue weighted by molar-refractivity contribution is 5.84. The number of carboxylic acids is 1. The van der Waals surface area contributed by atoms with Gasteiger partial charge >= 0.3 is 18.1 Å². The van der Waals surface area contributed by atoms with E-state index in [4.69, 9.17) is 21.4 Å². The number of esters is 1. The number of hydrogen-bond donors (Lipinski definition) is 3. The van der Waals surface area contributed by atoms with Gasteiger partial charge in [-0.15, -0.1) is 0 Å². The molecule has 0 saturated carbocycles. The fourth-order valence-electron chi connectivity index (χ4n) is 0.549. The minimum atomic E-state index is -5.08. The van der Waals surface area contributed by atoms with E-state index in [1.807, 2.05) is 0 Å². The number of hydrogen-bond acceptors (Lipinski definition) is 5. The average molecular weight is 274 g/mol. The van der Waals surface area contributed by atoms with E-state index in [0.717, 1.165) is 0 Å². The van der Waals surface area contributed by atoms with Crippen LogP contribution in [-0.2, 0) is 19.1 Å². The Morgan fingerprint density at radius 1 is 1.33 bits per heavy atom. The Kier molecular flexibility index (Phi) is 8.52. The number of carboxylic acid groups (broad SMARTS) is 1. The van der Waals surface area contributed by atoms with E-state index in [9.17, 15) is 22.8 Å². The van der Waals surface area contributed by atoms with E-state index < -0.39 is 30.1 Å². The third-order valence-electron chi connectivity index (χ3n) is 1.25. The van der Waals surface area contributed by atoms with Gasteiger partial charge in [-0.25, -0.2) is 4.79 Å². The van der Waals surface area contributed by atoms with Crippen LogP contribution in [0.25, 0.3) is 0 Å². The van der Waals surface area contributed by atoms with Crippen molar-refractivity contribution in [3.63, 3.8) is 0 Å². The molecule has 0 heterocycles. The third-order valence-corrected chi connectivity index (χ3v) is 1.25. The molecule has 1 atom stereocenters. The SMILES string of the molecule is CCOC(=O)[C@@H](N)CC(N)=O.O=C(O)C(F)(F)F. The van der Waals surface area contributed by atoms with Gasteiger partial charge in [0, 0.05) is 0 Å². The second-order valence-corrected chi connectivity index (χ2v) is 2.83. The van der Waals surface area contributed by atoms with Gasteiger partial charge in [-0.1, -0.05) is 0 Å². The molecule has 0 radical (unpaired) electrons. The van der Waals surface area contributed by atoms with Crippen molar-refractivity contribution in [3.05, 3.63) is 0 Å². The van der Waals surface area contributed by atoms with Crippen molar-refractivity contribution < 1.29 is 37.4 Å². The fraction of sp³-hybridized carbons (Fsp3) is 0.625. The molecular weight excluding hydrogens is 261 g/mol. The van der Waals surface area contributed by atoms with Crippen molar-refractivity contribution in [3.8, 4) is 0 Å². The van der Waals surface area contributed by atoms with Gasteiger partial charge in [-0.3, -0.25) is 9.59 Å². The number of amides is 1. The number of primary amides is 1. The number of carbonyl (C=O) groups excluding carboxylic acids is 2. The lowest BCUT2D eigenvalue weighted by Crippen LogP contribution is -2.36. The quantitative estimate of drug-likeness (QED) is 0.585. The van der Waals surface area contributed by atoms with Gasteiger partial charge in [0.2, 0.25) is 5.91 Å². The molecule has 1 amide bonds. The number of alkyl halides is 3. The van der Waals surface area contributed by atoms with Gasteiger partial charge in [0.05, 0.1) is 13.0 Å². The largest absolute Gasteiger partial charge is 0.490 e. The average Bonchev–Trinajstić information content (AvgIpc) is 2.16. The van der Waals surface area contributed by atoms with Crippen LogP contribution in [0.1, 0.15) is 13.3 Å². The summed E-state index contributed by atoms with van der Waals surface area (Å²) in [5.74, 6) is -3.95. The molecule has 0 aliphatic heterocycles. The van der Waals surface area contributed by atoms with Gasteiger partial charge in [-0.2, -0.15) is 13.2 Å². The van der Waals surface area contributed by atoms with E-state index in [2.05, 4.69) is 4.74 Å². The normalized spacial score (nSPS) is 11.8. The van der Waals surface area contributed by atoms with Gasteiger partial charge in [0.15, 0.2) is 0 Å². The first kappa shape index (κ1) is 18.5. The Balaban J connectivity index is 0. The lowest BCUT2D eigenvalue weighted by Gasteiger charge is -2.06. The molecule has 0 aliphatic rings. The van der Waals surface area contributed by atoms with Gasteiger partial charge in [-0.05, 0) is 6.92 Å². The summed E-state index contributed by atoms with van der Waals surface area (Å²) in [6.45, 7) is 1.92. The molecular formula is C8H13F3N2O5. The summed E-state index contributed by atoms with van der Waals surface area (Å²) in [6.07, 6.45) is -5.25. The molecule has 0 saturated heterocycles. The van der Waals surface area contributed by atoms with Crippen molar-refractivity contribution >= 4 is 17.8 Å². The Bertz CT molecular complexity index is 306. The van der Waals surface area contributed by atoms with Crippen LogP contribution in [0, 0.1) is 0 Å². The minimum absolute atomic E-state index is 0.168. The zero-order valence-corrected chi connectivity index (χ0v) is 9.36. The van der Waals surface area contributed by atoms with E-state index in [1.54, 1.807) is 6.92 Å². The smallest absolute Gasteiger partial charge is 0.475 e. The van der Waals surface area contributed by atoms with E-state index in [1.165, 1.54) is 0 Å². The lowest BCUT2D eigenvalue weighted by molar-refractivity contribution is -0.192.